The van der Waals surface area contributed by atoms with Crippen LogP contribution in [0, 0.1) is 6.92 Å². The van der Waals surface area contributed by atoms with Gasteiger partial charge < -0.3 is 9.64 Å². The van der Waals surface area contributed by atoms with Crippen molar-refractivity contribution < 1.29 is 9.53 Å². The van der Waals surface area contributed by atoms with E-state index < -0.39 is 0 Å². The number of hydrogen-bond acceptors (Lipinski definition) is 3. The topological polar surface area (TPSA) is 42.4 Å². The third-order valence-corrected chi connectivity index (χ3v) is 3.54. The molecule has 1 aromatic rings. The molecule has 0 spiro atoms. The van der Waals surface area contributed by atoms with E-state index in [1.54, 1.807) is 14.0 Å². The fourth-order valence-electron chi connectivity index (χ4n) is 2.63. The fourth-order valence-corrected chi connectivity index (χ4v) is 2.63. The first-order valence-corrected chi connectivity index (χ1v) is 6.41. The minimum absolute atomic E-state index is 0.146. The third kappa shape index (κ3) is 2.47. The smallest absolute Gasteiger partial charge is 0.219 e. The second-order valence-electron chi connectivity index (χ2n) is 4.82. The van der Waals surface area contributed by atoms with Crippen molar-refractivity contribution in [1.82, 2.24) is 9.88 Å². The average molecular weight is 248 g/mol. The zero-order chi connectivity index (χ0) is 13.1. The van der Waals surface area contributed by atoms with Crippen molar-refractivity contribution in [2.24, 2.45) is 0 Å². The molecular weight excluding hydrogens is 228 g/mol. The second-order valence-corrected chi connectivity index (χ2v) is 4.82. The standard InChI is InChI=1S/C14H20N2O2/c1-10-8-12(9-15-14(10)18-3)13-6-4-5-7-16(13)11(2)17/h8-9,13H,4-7H2,1-3H3/t13-/m0/s1. The summed E-state index contributed by atoms with van der Waals surface area (Å²) in [7, 11) is 1.62. The van der Waals surface area contributed by atoms with Crippen molar-refractivity contribution in [2.75, 3.05) is 13.7 Å². The monoisotopic (exact) mass is 248 g/mol. The number of carbonyl (C=O) groups is 1. The Hall–Kier alpha value is -1.58. The number of pyridine rings is 1. The Bertz CT molecular complexity index is 445. The molecule has 1 aliphatic heterocycles. The Morgan fingerprint density at radius 2 is 2.28 bits per heavy atom. The van der Waals surface area contributed by atoms with Gasteiger partial charge in [0.15, 0.2) is 0 Å². The molecule has 1 aromatic heterocycles. The van der Waals surface area contributed by atoms with Crippen molar-refractivity contribution in [1.29, 1.82) is 0 Å². The molecule has 0 saturated carbocycles. The molecule has 0 unspecified atom stereocenters. The van der Waals surface area contributed by atoms with Crippen molar-refractivity contribution in [2.45, 2.75) is 39.2 Å². The number of aryl methyl sites for hydroxylation is 1. The predicted molar refractivity (Wildman–Crippen MR) is 69.5 cm³/mol. The highest BCUT2D eigenvalue weighted by Gasteiger charge is 2.26. The molecule has 0 radical (unpaired) electrons. The van der Waals surface area contributed by atoms with Crippen LogP contribution in [-0.2, 0) is 4.79 Å². The van der Waals surface area contributed by atoms with Crippen LogP contribution in [-0.4, -0.2) is 29.4 Å². The number of aromatic nitrogens is 1. The second kappa shape index (κ2) is 5.38. The van der Waals surface area contributed by atoms with Gasteiger partial charge in [0.05, 0.1) is 13.2 Å². The van der Waals surface area contributed by atoms with E-state index in [0.717, 1.165) is 30.5 Å². The number of carbonyl (C=O) groups excluding carboxylic acids is 1. The maximum atomic E-state index is 11.7. The van der Waals surface area contributed by atoms with Gasteiger partial charge in [0.25, 0.3) is 0 Å². The summed E-state index contributed by atoms with van der Waals surface area (Å²) in [5.74, 6) is 0.803. The zero-order valence-corrected chi connectivity index (χ0v) is 11.3. The van der Waals surface area contributed by atoms with Crippen LogP contribution < -0.4 is 4.74 Å². The van der Waals surface area contributed by atoms with Crippen molar-refractivity contribution in [3.63, 3.8) is 0 Å². The molecule has 1 amide bonds. The van der Waals surface area contributed by atoms with Gasteiger partial charge in [-0.1, -0.05) is 0 Å². The summed E-state index contributed by atoms with van der Waals surface area (Å²) < 4.78 is 5.17. The number of ether oxygens (including phenoxy) is 1. The van der Waals surface area contributed by atoms with E-state index in [-0.39, 0.29) is 11.9 Å². The minimum atomic E-state index is 0.146. The predicted octanol–water partition coefficient (Wildman–Crippen LogP) is 2.47. The molecule has 4 nitrogen and oxygen atoms in total. The molecule has 2 rings (SSSR count). The molecule has 1 saturated heterocycles. The average Bonchev–Trinajstić information content (AvgIpc) is 2.38. The molecule has 18 heavy (non-hydrogen) atoms. The van der Waals surface area contributed by atoms with Crippen molar-refractivity contribution in [3.8, 4) is 5.88 Å². The van der Waals surface area contributed by atoms with Gasteiger partial charge in [0.2, 0.25) is 11.8 Å². The quantitative estimate of drug-likeness (QED) is 0.807. The summed E-state index contributed by atoms with van der Waals surface area (Å²) in [6.45, 7) is 4.48. The molecular formula is C14H20N2O2. The summed E-state index contributed by atoms with van der Waals surface area (Å²) in [5.41, 5.74) is 2.13. The van der Waals surface area contributed by atoms with Gasteiger partial charge in [-0.15, -0.1) is 0 Å². The number of likely N-dealkylation sites (tertiary alicyclic amines) is 1. The minimum Gasteiger partial charge on any atom is -0.481 e. The van der Waals surface area contributed by atoms with Crippen LogP contribution in [0.2, 0.25) is 0 Å². The van der Waals surface area contributed by atoms with E-state index in [2.05, 4.69) is 11.1 Å². The van der Waals surface area contributed by atoms with E-state index in [1.165, 1.54) is 6.42 Å². The van der Waals surface area contributed by atoms with Gasteiger partial charge in [-0.25, -0.2) is 4.98 Å². The highest BCUT2D eigenvalue weighted by atomic mass is 16.5. The first kappa shape index (κ1) is 12.9. The van der Waals surface area contributed by atoms with E-state index in [4.69, 9.17) is 4.74 Å². The Morgan fingerprint density at radius 1 is 1.50 bits per heavy atom. The number of rotatable bonds is 2. The summed E-state index contributed by atoms with van der Waals surface area (Å²) in [4.78, 5) is 17.9. The molecule has 1 aliphatic rings. The fraction of sp³-hybridized carbons (Fsp3) is 0.571. The summed E-state index contributed by atoms with van der Waals surface area (Å²) in [6.07, 6.45) is 5.11. The van der Waals surface area contributed by atoms with Crippen LogP contribution >= 0.6 is 0 Å². The summed E-state index contributed by atoms with van der Waals surface area (Å²) >= 11 is 0. The van der Waals surface area contributed by atoms with Gasteiger partial charge in [-0.3, -0.25) is 4.79 Å². The van der Waals surface area contributed by atoms with Crippen LogP contribution in [0.25, 0.3) is 0 Å². The van der Waals surface area contributed by atoms with E-state index in [0.29, 0.717) is 5.88 Å². The lowest BCUT2D eigenvalue weighted by molar-refractivity contribution is -0.132. The molecule has 0 aromatic carbocycles. The SMILES string of the molecule is COc1ncc([C@@H]2CCCCN2C(C)=O)cc1C. The molecule has 1 atom stereocenters. The van der Waals surface area contributed by atoms with Gasteiger partial charge in [0.1, 0.15) is 0 Å². The van der Waals surface area contributed by atoms with Crippen LogP contribution in [0.5, 0.6) is 5.88 Å². The van der Waals surface area contributed by atoms with Gasteiger partial charge in [0, 0.05) is 25.2 Å². The highest BCUT2D eigenvalue weighted by Crippen LogP contribution is 2.32. The van der Waals surface area contributed by atoms with Gasteiger partial charge in [-0.2, -0.15) is 0 Å². The summed E-state index contributed by atoms with van der Waals surface area (Å²) in [6, 6.07) is 2.26. The van der Waals surface area contributed by atoms with Crippen LogP contribution in [0.3, 0.4) is 0 Å². The molecule has 1 fully saturated rings. The Morgan fingerprint density at radius 3 is 2.89 bits per heavy atom. The Kier molecular flexibility index (Phi) is 3.84. The lowest BCUT2D eigenvalue weighted by Gasteiger charge is -2.35. The maximum Gasteiger partial charge on any atom is 0.219 e. The summed E-state index contributed by atoms with van der Waals surface area (Å²) in [5, 5.41) is 0. The van der Waals surface area contributed by atoms with Crippen LogP contribution in [0.1, 0.15) is 43.4 Å². The zero-order valence-electron chi connectivity index (χ0n) is 11.3. The first-order valence-electron chi connectivity index (χ1n) is 6.41. The molecule has 4 heteroatoms. The number of hydrogen-bond donors (Lipinski definition) is 0. The number of amides is 1. The van der Waals surface area contributed by atoms with Crippen molar-refractivity contribution in [3.05, 3.63) is 23.4 Å². The lowest BCUT2D eigenvalue weighted by atomic mass is 9.95. The van der Waals surface area contributed by atoms with Crippen LogP contribution in [0.15, 0.2) is 12.3 Å². The highest BCUT2D eigenvalue weighted by molar-refractivity contribution is 5.74. The normalized spacial score (nSPS) is 19.7. The molecule has 0 bridgehead atoms. The molecule has 0 N–H and O–H groups in total. The Balaban J connectivity index is 2.28. The van der Waals surface area contributed by atoms with Gasteiger partial charge in [-0.05, 0) is 37.8 Å². The van der Waals surface area contributed by atoms with Crippen molar-refractivity contribution >= 4 is 5.91 Å². The first-order chi connectivity index (χ1) is 8.63. The molecule has 98 valence electrons. The number of piperidine rings is 1. The van der Waals surface area contributed by atoms with Crippen LogP contribution in [0.4, 0.5) is 0 Å². The van der Waals surface area contributed by atoms with E-state index in [1.807, 2.05) is 18.0 Å². The van der Waals surface area contributed by atoms with Gasteiger partial charge >= 0.3 is 0 Å². The number of nitrogens with zero attached hydrogens (tertiary/aromatic N) is 2. The molecule has 2 heterocycles. The van der Waals surface area contributed by atoms with E-state index in [9.17, 15) is 4.79 Å². The largest absolute Gasteiger partial charge is 0.481 e. The maximum absolute atomic E-state index is 11.7. The van der Waals surface area contributed by atoms with E-state index >= 15 is 0 Å². The molecule has 0 aliphatic carbocycles. The third-order valence-electron chi connectivity index (χ3n) is 3.54. The number of methoxy groups -OCH3 is 1. The Labute approximate surface area is 108 Å². The lowest BCUT2D eigenvalue weighted by Crippen LogP contribution is -2.37.